The molecule has 4 nitrogen and oxygen atoms in total. The van der Waals surface area contributed by atoms with Crippen molar-refractivity contribution < 1.29 is 14.3 Å². The first-order valence-corrected chi connectivity index (χ1v) is 6.76. The number of Topliss-reactive ketones (excluding diaryl/α,β-unsaturated/α-hetero) is 1. The summed E-state index contributed by atoms with van der Waals surface area (Å²) in [6.07, 6.45) is 2.07. The zero-order chi connectivity index (χ0) is 13.8. The number of carbonyl (C=O) groups is 2. The van der Waals surface area contributed by atoms with Crippen molar-refractivity contribution in [2.45, 2.75) is 19.8 Å². The first-order valence-electron chi connectivity index (χ1n) is 6.38. The Bertz CT molecular complexity index is 501. The Hall–Kier alpha value is -1.39. The molecule has 0 N–H and O–H groups in total. The topological polar surface area (TPSA) is 46.6 Å². The molecule has 1 aliphatic heterocycles. The lowest BCUT2D eigenvalue weighted by molar-refractivity contribution is -0.114. The molecule has 0 atom stereocenters. The van der Waals surface area contributed by atoms with Gasteiger partial charge in [0.05, 0.1) is 17.9 Å². The van der Waals surface area contributed by atoms with Crippen molar-refractivity contribution in [3.05, 3.63) is 28.8 Å². The summed E-state index contributed by atoms with van der Waals surface area (Å²) >= 11 is 5.84. The first kappa shape index (κ1) is 14.0. The zero-order valence-electron chi connectivity index (χ0n) is 10.8. The summed E-state index contributed by atoms with van der Waals surface area (Å²) in [6, 6.07) is 4.92. The van der Waals surface area contributed by atoms with Gasteiger partial charge in [-0.2, -0.15) is 0 Å². The smallest absolute Gasteiger partial charge is 0.299 e. The molecular formula is C14H16ClNO3. The third-order valence-corrected chi connectivity index (χ3v) is 3.27. The Labute approximate surface area is 117 Å². The minimum Gasteiger partial charge on any atom is -0.380 e. The molecule has 0 radical (unpaired) electrons. The number of carbonyl (C=O) groups excluding carboxylic acids is 2. The van der Waals surface area contributed by atoms with Crippen LogP contribution in [0.2, 0.25) is 5.02 Å². The van der Waals surface area contributed by atoms with Gasteiger partial charge in [-0.1, -0.05) is 24.9 Å². The van der Waals surface area contributed by atoms with Gasteiger partial charge in [0, 0.05) is 18.2 Å². The molecule has 1 heterocycles. The SMILES string of the molecule is CCCCOCCN1C(=O)C(=O)c2cc(Cl)ccc21. The molecule has 0 bridgehead atoms. The zero-order valence-corrected chi connectivity index (χ0v) is 11.6. The second-order valence-corrected chi connectivity index (χ2v) is 4.85. The van der Waals surface area contributed by atoms with Crippen LogP contribution in [0.15, 0.2) is 18.2 Å². The number of nitrogens with zero attached hydrogens (tertiary/aromatic N) is 1. The summed E-state index contributed by atoms with van der Waals surface area (Å²) in [6.45, 7) is 3.59. The molecule has 1 amide bonds. The quantitative estimate of drug-likeness (QED) is 0.595. The van der Waals surface area contributed by atoms with Crippen LogP contribution in [0.25, 0.3) is 0 Å². The van der Waals surface area contributed by atoms with E-state index in [-0.39, 0.29) is 0 Å². The molecule has 19 heavy (non-hydrogen) atoms. The number of hydrogen-bond donors (Lipinski definition) is 0. The third-order valence-electron chi connectivity index (χ3n) is 3.03. The predicted octanol–water partition coefficient (Wildman–Crippen LogP) is 2.69. The standard InChI is InChI=1S/C14H16ClNO3/c1-2-3-7-19-8-6-16-12-5-4-10(15)9-11(12)13(17)14(16)18/h4-5,9H,2-3,6-8H2,1H3. The van der Waals surface area contributed by atoms with Gasteiger partial charge >= 0.3 is 0 Å². The van der Waals surface area contributed by atoms with Gasteiger partial charge in [-0.05, 0) is 24.6 Å². The fourth-order valence-electron chi connectivity index (χ4n) is 2.00. The second kappa shape index (κ2) is 6.17. The highest BCUT2D eigenvalue weighted by Gasteiger charge is 2.35. The van der Waals surface area contributed by atoms with Crippen LogP contribution in [0.3, 0.4) is 0 Å². The van der Waals surface area contributed by atoms with Crippen LogP contribution in [0, 0.1) is 0 Å². The van der Waals surface area contributed by atoms with Crippen LogP contribution in [0.1, 0.15) is 30.1 Å². The fraction of sp³-hybridized carbons (Fsp3) is 0.429. The molecule has 0 spiro atoms. The largest absolute Gasteiger partial charge is 0.380 e. The van der Waals surface area contributed by atoms with E-state index in [1.54, 1.807) is 12.1 Å². The summed E-state index contributed by atoms with van der Waals surface area (Å²) < 4.78 is 5.43. The minimum atomic E-state index is -0.503. The van der Waals surface area contributed by atoms with E-state index in [1.807, 2.05) is 0 Å². The van der Waals surface area contributed by atoms with E-state index in [4.69, 9.17) is 16.3 Å². The van der Waals surface area contributed by atoms with E-state index >= 15 is 0 Å². The number of fused-ring (bicyclic) bond motifs is 1. The van der Waals surface area contributed by atoms with Gasteiger partial charge in [0.1, 0.15) is 0 Å². The van der Waals surface area contributed by atoms with Crippen LogP contribution in [0.5, 0.6) is 0 Å². The molecule has 102 valence electrons. The third kappa shape index (κ3) is 2.96. The van der Waals surface area contributed by atoms with Crippen LogP contribution in [0.4, 0.5) is 5.69 Å². The molecule has 5 heteroatoms. The van der Waals surface area contributed by atoms with Gasteiger partial charge in [-0.15, -0.1) is 0 Å². The normalized spacial score (nSPS) is 14.1. The highest BCUT2D eigenvalue weighted by Crippen LogP contribution is 2.30. The molecule has 0 aromatic heterocycles. The van der Waals surface area contributed by atoms with Crippen LogP contribution in [-0.2, 0) is 9.53 Å². The van der Waals surface area contributed by atoms with Gasteiger partial charge in [-0.3, -0.25) is 9.59 Å². The van der Waals surface area contributed by atoms with E-state index in [9.17, 15) is 9.59 Å². The maximum Gasteiger partial charge on any atom is 0.299 e. The highest BCUT2D eigenvalue weighted by molar-refractivity contribution is 6.52. The lowest BCUT2D eigenvalue weighted by atomic mass is 10.1. The van der Waals surface area contributed by atoms with E-state index in [0.717, 1.165) is 12.8 Å². The molecule has 0 saturated heterocycles. The Morgan fingerprint density at radius 2 is 2.05 bits per heavy atom. The van der Waals surface area contributed by atoms with Gasteiger partial charge in [0.15, 0.2) is 0 Å². The summed E-state index contributed by atoms with van der Waals surface area (Å²) in [5, 5.41) is 0.459. The molecular weight excluding hydrogens is 266 g/mol. The molecule has 0 saturated carbocycles. The predicted molar refractivity (Wildman–Crippen MR) is 73.9 cm³/mol. The lowest BCUT2D eigenvalue weighted by Gasteiger charge is -2.16. The molecule has 1 aliphatic rings. The van der Waals surface area contributed by atoms with Crippen molar-refractivity contribution in [2.24, 2.45) is 0 Å². The number of benzene rings is 1. The van der Waals surface area contributed by atoms with Crippen molar-refractivity contribution in [2.75, 3.05) is 24.7 Å². The first-order chi connectivity index (χ1) is 9.15. The minimum absolute atomic E-state index is 0.381. The number of amides is 1. The van der Waals surface area contributed by atoms with E-state index in [1.165, 1.54) is 11.0 Å². The number of unbranched alkanes of at least 4 members (excludes halogenated alkanes) is 1. The average molecular weight is 282 g/mol. The maximum atomic E-state index is 11.9. The van der Waals surface area contributed by atoms with Crippen LogP contribution in [-0.4, -0.2) is 31.4 Å². The number of hydrogen-bond acceptors (Lipinski definition) is 3. The van der Waals surface area contributed by atoms with Crippen LogP contribution < -0.4 is 4.90 Å². The molecule has 2 rings (SSSR count). The van der Waals surface area contributed by atoms with Gasteiger partial charge < -0.3 is 9.64 Å². The van der Waals surface area contributed by atoms with Gasteiger partial charge in [0.25, 0.3) is 11.7 Å². The summed E-state index contributed by atoms with van der Waals surface area (Å²) in [5.41, 5.74) is 1.00. The van der Waals surface area contributed by atoms with Crippen molar-refractivity contribution >= 4 is 29.0 Å². The van der Waals surface area contributed by atoms with Crippen LogP contribution >= 0.6 is 11.6 Å². The number of rotatable bonds is 6. The lowest BCUT2D eigenvalue weighted by Crippen LogP contribution is -2.32. The van der Waals surface area contributed by atoms with E-state index < -0.39 is 11.7 Å². The highest BCUT2D eigenvalue weighted by atomic mass is 35.5. The summed E-state index contributed by atoms with van der Waals surface area (Å²) in [4.78, 5) is 25.1. The number of halogens is 1. The molecule has 0 fully saturated rings. The maximum absolute atomic E-state index is 11.9. The van der Waals surface area contributed by atoms with E-state index in [2.05, 4.69) is 6.92 Å². The molecule has 1 aromatic rings. The van der Waals surface area contributed by atoms with Gasteiger partial charge in [0.2, 0.25) is 0 Å². The average Bonchev–Trinajstić information content (AvgIpc) is 2.63. The summed E-state index contributed by atoms with van der Waals surface area (Å²) in [7, 11) is 0. The van der Waals surface area contributed by atoms with Crippen molar-refractivity contribution in [3.8, 4) is 0 Å². The monoisotopic (exact) mass is 281 g/mol. The van der Waals surface area contributed by atoms with Crippen molar-refractivity contribution in [3.63, 3.8) is 0 Å². The van der Waals surface area contributed by atoms with Gasteiger partial charge in [-0.25, -0.2) is 0 Å². The molecule has 1 aromatic carbocycles. The molecule has 0 aliphatic carbocycles. The Morgan fingerprint density at radius 1 is 1.26 bits per heavy atom. The Morgan fingerprint density at radius 3 is 2.79 bits per heavy atom. The second-order valence-electron chi connectivity index (χ2n) is 4.41. The number of anilines is 1. The van der Waals surface area contributed by atoms with Crippen molar-refractivity contribution in [1.82, 2.24) is 0 Å². The number of ketones is 1. The van der Waals surface area contributed by atoms with E-state index in [0.29, 0.717) is 36.0 Å². The van der Waals surface area contributed by atoms with Crippen molar-refractivity contribution in [1.29, 1.82) is 0 Å². The summed E-state index contributed by atoms with van der Waals surface area (Å²) in [5.74, 6) is -0.998. The number of ether oxygens (including phenoxy) is 1. The Balaban J connectivity index is 2.02. The molecule has 0 unspecified atom stereocenters. The fourth-order valence-corrected chi connectivity index (χ4v) is 2.17. The Kier molecular flexibility index (Phi) is 4.56.